The summed E-state index contributed by atoms with van der Waals surface area (Å²) in [6.07, 6.45) is 0. The van der Waals surface area contributed by atoms with E-state index in [2.05, 4.69) is 10.6 Å². The molecule has 156 valence electrons. The smallest absolute Gasteiger partial charge is 0.243 e. The van der Waals surface area contributed by atoms with Crippen molar-refractivity contribution in [3.63, 3.8) is 0 Å². The number of rotatable bonds is 6. The maximum absolute atomic E-state index is 13.0. The van der Waals surface area contributed by atoms with E-state index in [9.17, 15) is 13.7 Å². The maximum atomic E-state index is 13.0. The zero-order chi connectivity index (χ0) is 21.1. The Kier molecular flexibility index (Phi) is 6.11. The number of hydrogen-bond donors (Lipinski definition) is 0. The highest BCUT2D eigenvalue weighted by molar-refractivity contribution is 7.98. The van der Waals surface area contributed by atoms with E-state index in [0.717, 1.165) is 16.2 Å². The molecule has 1 aromatic heterocycles. The molecule has 1 aliphatic rings. The fourth-order valence-electron chi connectivity index (χ4n) is 3.50. The van der Waals surface area contributed by atoms with Crippen LogP contribution in [-0.2, 0) is 27.1 Å². The molecule has 0 bridgehead atoms. The lowest BCUT2D eigenvalue weighted by molar-refractivity contribution is 0.0730. The van der Waals surface area contributed by atoms with Crippen LogP contribution in [0.2, 0.25) is 0 Å². The van der Waals surface area contributed by atoms with Gasteiger partial charge in [-0.05, 0) is 36.8 Å². The Morgan fingerprint density at radius 3 is 2.70 bits per heavy atom. The average molecular weight is 443 g/mol. The number of thioether (sulfide) groups is 1. The molecule has 0 aliphatic carbocycles. The average Bonchev–Trinajstić information content (AvgIpc) is 3.15. The van der Waals surface area contributed by atoms with Crippen LogP contribution in [0.3, 0.4) is 0 Å². The number of morpholine rings is 1. The number of nitriles is 1. The molecule has 0 atom stereocenters. The van der Waals surface area contributed by atoms with Crippen LogP contribution in [0.15, 0.2) is 52.5 Å². The Hall–Kier alpha value is -2.38. The fraction of sp³-hybridized carbons (Fsp3) is 0.333. The first-order valence-corrected chi connectivity index (χ1v) is 12.2. The molecule has 1 aliphatic heterocycles. The zero-order valence-electron chi connectivity index (χ0n) is 16.6. The topological polar surface area (TPSA) is 88.2 Å². The van der Waals surface area contributed by atoms with Gasteiger partial charge in [-0.2, -0.15) is 9.57 Å². The van der Waals surface area contributed by atoms with Crippen molar-refractivity contribution in [3.8, 4) is 6.07 Å². The second-order valence-electron chi connectivity index (χ2n) is 6.86. The SMILES string of the molecule is CCn1c(SCc2ccccc2C#N)nc2cc(S(=O)(=O)N3CCOCC3)ccc21. The summed E-state index contributed by atoms with van der Waals surface area (Å²) in [6.45, 7) is 4.31. The number of benzene rings is 2. The van der Waals surface area contributed by atoms with Crippen LogP contribution in [0.4, 0.5) is 0 Å². The van der Waals surface area contributed by atoms with E-state index < -0.39 is 10.0 Å². The second-order valence-corrected chi connectivity index (χ2v) is 9.74. The largest absolute Gasteiger partial charge is 0.379 e. The molecule has 7 nitrogen and oxygen atoms in total. The van der Waals surface area contributed by atoms with Crippen LogP contribution >= 0.6 is 11.8 Å². The summed E-state index contributed by atoms with van der Waals surface area (Å²) in [7, 11) is -3.57. The van der Waals surface area contributed by atoms with Gasteiger partial charge in [-0.1, -0.05) is 30.0 Å². The molecule has 4 rings (SSSR count). The fourth-order valence-corrected chi connectivity index (χ4v) is 6.01. The van der Waals surface area contributed by atoms with Gasteiger partial charge >= 0.3 is 0 Å². The Bertz CT molecular complexity index is 1210. The number of hydrogen-bond acceptors (Lipinski definition) is 6. The van der Waals surface area contributed by atoms with Crippen LogP contribution in [-0.4, -0.2) is 48.6 Å². The van der Waals surface area contributed by atoms with Crippen LogP contribution in [0.1, 0.15) is 18.1 Å². The zero-order valence-corrected chi connectivity index (χ0v) is 18.2. The number of aromatic nitrogens is 2. The third-order valence-electron chi connectivity index (χ3n) is 5.10. The number of aryl methyl sites for hydroxylation is 1. The number of fused-ring (bicyclic) bond motifs is 1. The van der Waals surface area contributed by atoms with Crippen LogP contribution in [0, 0.1) is 11.3 Å². The molecular weight excluding hydrogens is 420 g/mol. The number of imidazole rings is 1. The van der Waals surface area contributed by atoms with Gasteiger partial charge in [0.2, 0.25) is 10.0 Å². The summed E-state index contributed by atoms with van der Waals surface area (Å²) in [5.74, 6) is 0.617. The van der Waals surface area contributed by atoms with E-state index in [0.29, 0.717) is 49.7 Å². The van der Waals surface area contributed by atoms with Gasteiger partial charge in [0.05, 0.1) is 40.8 Å². The highest BCUT2D eigenvalue weighted by Gasteiger charge is 2.27. The molecule has 0 saturated carbocycles. The molecule has 0 spiro atoms. The quantitative estimate of drug-likeness (QED) is 0.545. The molecule has 2 heterocycles. The third kappa shape index (κ3) is 3.96. The van der Waals surface area contributed by atoms with Crippen molar-refractivity contribution in [2.45, 2.75) is 29.3 Å². The monoisotopic (exact) mass is 442 g/mol. The van der Waals surface area contributed by atoms with Crippen LogP contribution < -0.4 is 0 Å². The lowest BCUT2D eigenvalue weighted by Gasteiger charge is -2.26. The molecule has 0 unspecified atom stereocenters. The standard InChI is InChI=1S/C21H22N4O3S2/c1-2-25-20-8-7-18(30(26,27)24-9-11-28-12-10-24)13-19(20)23-21(25)29-15-17-6-4-3-5-16(17)14-22/h3-8,13H,2,9-12,15H2,1H3. The minimum absolute atomic E-state index is 0.254. The van der Waals surface area contributed by atoms with Gasteiger partial charge in [-0.25, -0.2) is 13.4 Å². The van der Waals surface area contributed by atoms with Crippen molar-refractivity contribution in [3.05, 3.63) is 53.6 Å². The maximum Gasteiger partial charge on any atom is 0.243 e. The lowest BCUT2D eigenvalue weighted by atomic mass is 10.1. The lowest BCUT2D eigenvalue weighted by Crippen LogP contribution is -2.40. The molecule has 3 aromatic rings. The summed E-state index contributed by atoms with van der Waals surface area (Å²) >= 11 is 1.55. The molecule has 0 radical (unpaired) electrons. The predicted octanol–water partition coefficient (Wildman–Crippen LogP) is 3.24. The molecule has 0 N–H and O–H groups in total. The van der Waals surface area contributed by atoms with Gasteiger partial charge < -0.3 is 9.30 Å². The summed E-state index contributed by atoms with van der Waals surface area (Å²) in [4.78, 5) is 4.96. The third-order valence-corrected chi connectivity index (χ3v) is 8.02. The van der Waals surface area contributed by atoms with E-state index in [1.54, 1.807) is 23.9 Å². The van der Waals surface area contributed by atoms with Crippen molar-refractivity contribution in [1.29, 1.82) is 5.26 Å². The highest BCUT2D eigenvalue weighted by atomic mass is 32.2. The van der Waals surface area contributed by atoms with E-state index >= 15 is 0 Å². The second kappa shape index (κ2) is 8.78. The summed E-state index contributed by atoms with van der Waals surface area (Å²) < 4.78 is 34.7. The van der Waals surface area contributed by atoms with Crippen LogP contribution in [0.5, 0.6) is 0 Å². The van der Waals surface area contributed by atoms with E-state index in [1.807, 2.05) is 37.3 Å². The summed E-state index contributed by atoms with van der Waals surface area (Å²) in [5.41, 5.74) is 3.16. The highest BCUT2D eigenvalue weighted by Crippen LogP contribution is 2.29. The summed E-state index contributed by atoms with van der Waals surface area (Å²) in [5, 5.41) is 10.1. The molecule has 1 fully saturated rings. The Labute approximate surface area is 180 Å². The molecule has 2 aromatic carbocycles. The normalized spacial score (nSPS) is 15.3. The number of nitrogens with zero attached hydrogens (tertiary/aromatic N) is 4. The Morgan fingerprint density at radius 1 is 1.20 bits per heavy atom. The van der Waals surface area contributed by atoms with Gasteiger partial charge in [0.25, 0.3) is 0 Å². The van der Waals surface area contributed by atoms with Crippen molar-refractivity contribution in [1.82, 2.24) is 13.9 Å². The van der Waals surface area contributed by atoms with Gasteiger partial charge in [-0.3, -0.25) is 0 Å². The molecule has 30 heavy (non-hydrogen) atoms. The first kappa shape index (κ1) is 20.9. The molecular formula is C21H22N4O3S2. The van der Waals surface area contributed by atoms with Crippen molar-refractivity contribution < 1.29 is 13.2 Å². The molecule has 1 saturated heterocycles. The van der Waals surface area contributed by atoms with E-state index in [4.69, 9.17) is 9.72 Å². The van der Waals surface area contributed by atoms with Crippen molar-refractivity contribution in [2.24, 2.45) is 0 Å². The Morgan fingerprint density at radius 2 is 1.97 bits per heavy atom. The minimum Gasteiger partial charge on any atom is -0.379 e. The first-order valence-electron chi connectivity index (χ1n) is 9.73. The van der Waals surface area contributed by atoms with Gasteiger partial charge in [0.15, 0.2) is 5.16 Å². The summed E-state index contributed by atoms with van der Waals surface area (Å²) in [6, 6.07) is 14.9. The molecule has 0 amide bonds. The van der Waals surface area contributed by atoms with Gasteiger partial charge in [0, 0.05) is 25.4 Å². The van der Waals surface area contributed by atoms with Gasteiger partial charge in [0.1, 0.15) is 0 Å². The van der Waals surface area contributed by atoms with Crippen LogP contribution in [0.25, 0.3) is 11.0 Å². The van der Waals surface area contributed by atoms with E-state index in [-0.39, 0.29) is 4.90 Å². The minimum atomic E-state index is -3.57. The van der Waals surface area contributed by atoms with Gasteiger partial charge in [-0.15, -0.1) is 0 Å². The van der Waals surface area contributed by atoms with Crippen molar-refractivity contribution in [2.75, 3.05) is 26.3 Å². The molecule has 9 heteroatoms. The Balaban J connectivity index is 1.65. The predicted molar refractivity (Wildman–Crippen MR) is 116 cm³/mol. The van der Waals surface area contributed by atoms with E-state index in [1.165, 1.54) is 4.31 Å². The number of sulfonamides is 1. The first-order chi connectivity index (χ1) is 14.5. The number of ether oxygens (including phenoxy) is 1. The van der Waals surface area contributed by atoms with Crippen molar-refractivity contribution >= 4 is 32.8 Å².